The van der Waals surface area contributed by atoms with Gasteiger partial charge in [0, 0.05) is 16.1 Å². The third kappa shape index (κ3) is 2.51. The minimum absolute atomic E-state index is 0.134. The Kier molecular flexibility index (Phi) is 3.29. The molecule has 0 spiro atoms. The second-order valence-electron chi connectivity index (χ2n) is 3.85. The first kappa shape index (κ1) is 10.9. The molecule has 1 atom stereocenters. The summed E-state index contributed by atoms with van der Waals surface area (Å²) in [5.74, 6) is 0.946. The van der Waals surface area contributed by atoms with Crippen molar-refractivity contribution in [1.29, 1.82) is 0 Å². The van der Waals surface area contributed by atoms with E-state index in [1.54, 1.807) is 0 Å². The van der Waals surface area contributed by atoms with Gasteiger partial charge in [0.1, 0.15) is 5.75 Å². The molecule has 1 heterocycles. The molecule has 0 aromatic heterocycles. The van der Waals surface area contributed by atoms with E-state index >= 15 is 0 Å². The van der Waals surface area contributed by atoms with Crippen molar-refractivity contribution in [2.45, 2.75) is 26.0 Å². The summed E-state index contributed by atoms with van der Waals surface area (Å²) in [5, 5.41) is 0. The Labute approximate surface area is 97.7 Å². The number of nitrogens with two attached hydrogens (primary N) is 1. The zero-order chi connectivity index (χ0) is 10.8. The Hall–Kier alpha value is -0.580. The lowest BCUT2D eigenvalue weighted by molar-refractivity contribution is -0.0171. The third-order valence-corrected chi connectivity index (χ3v) is 2.75. The van der Waals surface area contributed by atoms with Crippen LogP contribution in [0.4, 0.5) is 0 Å². The molecule has 0 fully saturated rings. The van der Waals surface area contributed by atoms with E-state index in [0.29, 0.717) is 13.4 Å². The van der Waals surface area contributed by atoms with Crippen molar-refractivity contribution >= 4 is 15.9 Å². The van der Waals surface area contributed by atoms with Crippen LogP contribution in [0.1, 0.15) is 18.1 Å². The lowest BCUT2D eigenvalue weighted by Crippen LogP contribution is -2.20. The number of rotatable bonds is 2. The fourth-order valence-corrected chi connectivity index (χ4v) is 2.31. The first-order chi connectivity index (χ1) is 7.16. The molecule has 15 heavy (non-hydrogen) atoms. The molecular formula is C11H14BrNO2. The maximum atomic E-state index is 5.81. The highest BCUT2D eigenvalue weighted by Gasteiger charge is 2.16. The molecule has 1 unspecified atom stereocenters. The van der Waals surface area contributed by atoms with E-state index < -0.39 is 0 Å². The predicted molar refractivity (Wildman–Crippen MR) is 61.8 cm³/mol. The van der Waals surface area contributed by atoms with Gasteiger partial charge >= 0.3 is 0 Å². The van der Waals surface area contributed by atoms with Crippen molar-refractivity contribution in [3.63, 3.8) is 0 Å². The van der Waals surface area contributed by atoms with Crippen molar-refractivity contribution in [2.24, 2.45) is 5.73 Å². The summed E-state index contributed by atoms with van der Waals surface area (Å²) in [6.45, 7) is 2.94. The van der Waals surface area contributed by atoms with Crippen molar-refractivity contribution in [3.8, 4) is 5.75 Å². The Morgan fingerprint density at radius 3 is 3.07 bits per heavy atom. The minimum Gasteiger partial charge on any atom is -0.467 e. The molecule has 1 aromatic rings. The van der Waals surface area contributed by atoms with Gasteiger partial charge in [-0.2, -0.15) is 0 Å². The predicted octanol–water partition coefficient (Wildman–Crippen LogP) is 2.21. The van der Waals surface area contributed by atoms with Gasteiger partial charge in [-0.3, -0.25) is 0 Å². The molecule has 0 saturated heterocycles. The molecule has 2 N–H and O–H groups in total. The van der Waals surface area contributed by atoms with Crippen molar-refractivity contribution in [2.75, 3.05) is 6.79 Å². The van der Waals surface area contributed by atoms with E-state index in [9.17, 15) is 0 Å². The summed E-state index contributed by atoms with van der Waals surface area (Å²) in [5.41, 5.74) is 8.05. The first-order valence-electron chi connectivity index (χ1n) is 4.94. The number of ether oxygens (including phenoxy) is 2. The van der Waals surface area contributed by atoms with Crippen LogP contribution >= 0.6 is 15.9 Å². The lowest BCUT2D eigenvalue weighted by Gasteiger charge is -2.21. The molecule has 0 aliphatic carbocycles. The van der Waals surface area contributed by atoms with Gasteiger partial charge in [0.25, 0.3) is 0 Å². The Morgan fingerprint density at radius 2 is 2.33 bits per heavy atom. The summed E-state index contributed by atoms with van der Waals surface area (Å²) in [4.78, 5) is 0. The Balaban J connectivity index is 2.38. The maximum absolute atomic E-state index is 5.81. The molecule has 0 saturated carbocycles. The van der Waals surface area contributed by atoms with Crippen LogP contribution in [0, 0.1) is 0 Å². The van der Waals surface area contributed by atoms with Crippen LogP contribution in [0.3, 0.4) is 0 Å². The molecule has 1 aliphatic rings. The van der Waals surface area contributed by atoms with Gasteiger partial charge in [0.2, 0.25) is 0 Å². The molecular weight excluding hydrogens is 258 g/mol. The standard InChI is InChI=1S/C11H14BrNO2/c1-7(13)2-8-3-10(12)4-9-5-14-6-15-11(8)9/h3-4,7H,2,5-6,13H2,1H3. The lowest BCUT2D eigenvalue weighted by atomic mass is 10.0. The Bertz CT molecular complexity index is 366. The third-order valence-electron chi connectivity index (χ3n) is 2.29. The number of hydrogen-bond acceptors (Lipinski definition) is 3. The van der Waals surface area contributed by atoms with Crippen LogP contribution in [-0.4, -0.2) is 12.8 Å². The normalized spacial score (nSPS) is 16.7. The van der Waals surface area contributed by atoms with Crippen molar-refractivity contribution in [3.05, 3.63) is 27.7 Å². The topological polar surface area (TPSA) is 44.5 Å². The molecule has 0 amide bonds. The summed E-state index contributed by atoms with van der Waals surface area (Å²) in [6, 6.07) is 4.22. The van der Waals surface area contributed by atoms with E-state index in [2.05, 4.69) is 22.0 Å². The highest BCUT2D eigenvalue weighted by Crippen LogP contribution is 2.32. The van der Waals surface area contributed by atoms with Crippen molar-refractivity contribution < 1.29 is 9.47 Å². The van der Waals surface area contributed by atoms with Gasteiger partial charge in [-0.1, -0.05) is 15.9 Å². The zero-order valence-electron chi connectivity index (χ0n) is 8.63. The zero-order valence-corrected chi connectivity index (χ0v) is 10.2. The van der Waals surface area contributed by atoms with Crippen molar-refractivity contribution in [1.82, 2.24) is 0 Å². The van der Waals surface area contributed by atoms with Crippen LogP contribution in [-0.2, 0) is 17.8 Å². The maximum Gasteiger partial charge on any atom is 0.189 e. The largest absolute Gasteiger partial charge is 0.467 e. The molecule has 82 valence electrons. The van der Waals surface area contributed by atoms with E-state index in [1.807, 2.05) is 13.0 Å². The second kappa shape index (κ2) is 4.51. The molecule has 4 heteroatoms. The van der Waals surface area contributed by atoms with E-state index in [1.165, 1.54) is 0 Å². The SMILES string of the molecule is CC(N)Cc1cc(Br)cc2c1OCOC2. The number of benzene rings is 1. The van der Waals surface area contributed by atoms with Crippen LogP contribution in [0.15, 0.2) is 16.6 Å². The van der Waals surface area contributed by atoms with Crippen LogP contribution in [0.5, 0.6) is 5.75 Å². The van der Waals surface area contributed by atoms with Gasteiger partial charge < -0.3 is 15.2 Å². The molecule has 2 rings (SSSR count). The van der Waals surface area contributed by atoms with Crippen LogP contribution in [0.2, 0.25) is 0 Å². The van der Waals surface area contributed by atoms with Crippen LogP contribution < -0.4 is 10.5 Å². The van der Waals surface area contributed by atoms with Gasteiger partial charge in [-0.05, 0) is 31.0 Å². The molecule has 3 nitrogen and oxygen atoms in total. The molecule has 1 aromatic carbocycles. The van der Waals surface area contributed by atoms with Gasteiger partial charge in [0.05, 0.1) is 6.61 Å². The summed E-state index contributed by atoms with van der Waals surface area (Å²) in [7, 11) is 0. The number of hydrogen-bond donors (Lipinski definition) is 1. The average Bonchev–Trinajstić information content (AvgIpc) is 2.16. The van der Waals surface area contributed by atoms with E-state index in [0.717, 1.165) is 27.8 Å². The second-order valence-corrected chi connectivity index (χ2v) is 4.76. The molecule has 0 radical (unpaired) electrons. The fourth-order valence-electron chi connectivity index (χ4n) is 1.76. The summed E-state index contributed by atoms with van der Waals surface area (Å²) in [6.07, 6.45) is 0.821. The average molecular weight is 272 g/mol. The number of fused-ring (bicyclic) bond motifs is 1. The summed E-state index contributed by atoms with van der Waals surface area (Å²) >= 11 is 3.48. The van der Waals surface area contributed by atoms with Gasteiger partial charge in [-0.15, -0.1) is 0 Å². The number of halogens is 1. The quantitative estimate of drug-likeness (QED) is 0.897. The Morgan fingerprint density at radius 1 is 1.53 bits per heavy atom. The smallest absolute Gasteiger partial charge is 0.189 e. The first-order valence-corrected chi connectivity index (χ1v) is 5.73. The highest BCUT2D eigenvalue weighted by molar-refractivity contribution is 9.10. The van der Waals surface area contributed by atoms with Gasteiger partial charge in [-0.25, -0.2) is 0 Å². The van der Waals surface area contributed by atoms with E-state index in [4.69, 9.17) is 15.2 Å². The summed E-state index contributed by atoms with van der Waals surface area (Å²) < 4.78 is 11.8. The molecule has 0 bridgehead atoms. The van der Waals surface area contributed by atoms with Crippen LogP contribution in [0.25, 0.3) is 0 Å². The van der Waals surface area contributed by atoms with E-state index in [-0.39, 0.29) is 6.04 Å². The minimum atomic E-state index is 0.134. The van der Waals surface area contributed by atoms with Gasteiger partial charge in [0.15, 0.2) is 6.79 Å². The highest BCUT2D eigenvalue weighted by atomic mass is 79.9. The fraction of sp³-hybridized carbons (Fsp3) is 0.455. The monoisotopic (exact) mass is 271 g/mol. The molecule has 1 aliphatic heterocycles.